The van der Waals surface area contributed by atoms with Crippen LogP contribution in [0.25, 0.3) is 11.0 Å². The molecule has 0 aliphatic carbocycles. The summed E-state index contributed by atoms with van der Waals surface area (Å²) < 4.78 is 46.0. The summed E-state index contributed by atoms with van der Waals surface area (Å²) >= 11 is 1.35. The molecular weight excluding hydrogens is 539 g/mol. The summed E-state index contributed by atoms with van der Waals surface area (Å²) in [5, 5.41) is 18.2. The van der Waals surface area contributed by atoms with Crippen molar-refractivity contribution in [3.8, 4) is 5.75 Å². The normalized spacial score (nSPS) is 14.5. The van der Waals surface area contributed by atoms with E-state index in [-0.39, 0.29) is 28.5 Å². The van der Waals surface area contributed by atoms with Gasteiger partial charge in [-0.1, -0.05) is 6.92 Å². The number of carbonyl (C=O) groups excluding carboxylic acids is 3. The lowest BCUT2D eigenvalue weighted by molar-refractivity contribution is -0.153. The molecule has 3 aromatic rings. The van der Waals surface area contributed by atoms with Crippen molar-refractivity contribution in [3.63, 3.8) is 0 Å². The minimum absolute atomic E-state index is 0.140. The van der Waals surface area contributed by atoms with Crippen LogP contribution in [0.15, 0.2) is 22.9 Å². The number of piperidine rings is 1. The molecule has 0 bridgehead atoms. The maximum Gasteiger partial charge on any atom is 0.422 e. The van der Waals surface area contributed by atoms with Gasteiger partial charge < -0.3 is 29.9 Å². The first-order valence-corrected chi connectivity index (χ1v) is 13.2. The predicted molar refractivity (Wildman–Crippen MR) is 138 cm³/mol. The topological polar surface area (TPSA) is 126 Å². The highest BCUT2D eigenvalue weighted by Crippen LogP contribution is 2.36. The minimum Gasteiger partial charge on any atom is -0.481 e. The third-order valence-corrected chi connectivity index (χ3v) is 7.16. The lowest BCUT2D eigenvalue weighted by atomic mass is 10.0. The number of likely N-dealkylation sites (tertiary alicyclic amines) is 1. The number of aromatic nitrogens is 2. The Morgan fingerprint density at radius 2 is 1.95 bits per heavy atom. The van der Waals surface area contributed by atoms with Crippen LogP contribution in [-0.2, 0) is 18.3 Å². The van der Waals surface area contributed by atoms with E-state index in [0.717, 1.165) is 0 Å². The van der Waals surface area contributed by atoms with Crippen LogP contribution in [0.4, 0.5) is 18.9 Å². The number of hydrogen-bond acceptors (Lipinski definition) is 7. The second-order valence-corrected chi connectivity index (χ2v) is 9.88. The van der Waals surface area contributed by atoms with Gasteiger partial charge in [-0.25, -0.2) is 4.98 Å². The number of hydrogen-bond donors (Lipinski definition) is 3. The average Bonchev–Trinajstić information content (AvgIpc) is 3.53. The van der Waals surface area contributed by atoms with Crippen LogP contribution in [0, 0.1) is 0 Å². The third kappa shape index (κ3) is 6.33. The van der Waals surface area contributed by atoms with Crippen LogP contribution in [0.1, 0.15) is 46.3 Å². The lowest BCUT2D eigenvalue weighted by Crippen LogP contribution is -2.47. The first kappa shape index (κ1) is 28.4. The standard InChI is InChI=1S/C25H28F3N5O5S/c1-3-17-18(31-23(36)14-6-9-39-12-14)10-16-21(38-13-25(26,27)28)20(32(2)22(16)30-17)24(37)29-15-4-7-33(8-5-15)19(35)11-34/h6,9-10,12,15,34H,3-5,7-8,11,13H2,1-2H3,(H,29,37)(H,31,36). The number of nitrogens with zero attached hydrogens (tertiary/aromatic N) is 3. The Morgan fingerprint density at radius 1 is 1.23 bits per heavy atom. The Hall–Kier alpha value is -3.65. The van der Waals surface area contributed by atoms with Crippen LogP contribution in [-0.4, -0.2) is 75.8 Å². The summed E-state index contributed by atoms with van der Waals surface area (Å²) in [5.74, 6) is -1.75. The van der Waals surface area contributed by atoms with Gasteiger partial charge in [-0.2, -0.15) is 24.5 Å². The Bertz CT molecular complexity index is 1360. The number of rotatable bonds is 8. The average molecular weight is 568 g/mol. The fourth-order valence-corrected chi connectivity index (χ4v) is 5.13. The van der Waals surface area contributed by atoms with E-state index < -0.39 is 37.1 Å². The molecule has 4 rings (SSSR count). The van der Waals surface area contributed by atoms with Crippen molar-refractivity contribution in [2.75, 3.05) is 31.6 Å². The van der Waals surface area contributed by atoms with Gasteiger partial charge in [-0.05, 0) is 36.8 Å². The number of fused-ring (bicyclic) bond motifs is 1. The van der Waals surface area contributed by atoms with E-state index in [1.165, 1.54) is 33.9 Å². The van der Waals surface area contributed by atoms with Gasteiger partial charge >= 0.3 is 6.18 Å². The summed E-state index contributed by atoms with van der Waals surface area (Å²) in [5.41, 5.74) is 1.30. The molecule has 3 N–H and O–H groups in total. The van der Waals surface area contributed by atoms with E-state index in [1.807, 2.05) is 6.92 Å². The van der Waals surface area contributed by atoms with Crippen LogP contribution < -0.4 is 15.4 Å². The SMILES string of the molecule is CCc1nc2c(cc1NC(=O)c1ccsc1)c(OCC(F)(F)F)c(C(=O)NC1CCN(C(=O)CO)CC1)n2C. The molecule has 3 amide bonds. The van der Waals surface area contributed by atoms with Crippen LogP contribution >= 0.6 is 11.3 Å². The van der Waals surface area contributed by atoms with Crippen molar-refractivity contribution >= 4 is 45.8 Å². The number of aryl methyl sites for hydroxylation is 2. The maximum absolute atomic E-state index is 13.4. The molecule has 0 saturated carbocycles. The molecule has 14 heteroatoms. The smallest absolute Gasteiger partial charge is 0.422 e. The van der Waals surface area contributed by atoms with E-state index >= 15 is 0 Å². The van der Waals surface area contributed by atoms with Crippen molar-refractivity contribution in [2.24, 2.45) is 7.05 Å². The number of aliphatic hydroxyl groups excluding tert-OH is 1. The highest BCUT2D eigenvalue weighted by molar-refractivity contribution is 7.08. The van der Waals surface area contributed by atoms with Gasteiger partial charge in [0.1, 0.15) is 12.3 Å². The van der Waals surface area contributed by atoms with E-state index in [1.54, 1.807) is 16.8 Å². The summed E-state index contributed by atoms with van der Waals surface area (Å²) in [7, 11) is 1.51. The summed E-state index contributed by atoms with van der Waals surface area (Å²) in [6.45, 7) is 0.242. The van der Waals surface area contributed by atoms with E-state index in [9.17, 15) is 27.6 Å². The van der Waals surface area contributed by atoms with Gasteiger partial charge in [0.15, 0.2) is 18.1 Å². The maximum atomic E-state index is 13.4. The number of thiophene rings is 1. The first-order valence-electron chi connectivity index (χ1n) is 12.3. The number of anilines is 1. The Labute approximate surface area is 225 Å². The molecule has 10 nitrogen and oxygen atoms in total. The van der Waals surface area contributed by atoms with Gasteiger partial charge in [0, 0.05) is 31.6 Å². The van der Waals surface area contributed by atoms with Gasteiger partial charge in [0.05, 0.1) is 22.3 Å². The van der Waals surface area contributed by atoms with E-state index in [2.05, 4.69) is 15.6 Å². The Morgan fingerprint density at radius 3 is 2.54 bits per heavy atom. The Balaban J connectivity index is 1.68. The molecule has 39 heavy (non-hydrogen) atoms. The summed E-state index contributed by atoms with van der Waals surface area (Å²) in [6, 6.07) is 2.78. The van der Waals surface area contributed by atoms with Crippen molar-refractivity contribution in [2.45, 2.75) is 38.4 Å². The van der Waals surface area contributed by atoms with E-state index in [0.29, 0.717) is 49.3 Å². The van der Waals surface area contributed by atoms with Crippen LogP contribution in [0.5, 0.6) is 5.75 Å². The second-order valence-electron chi connectivity index (χ2n) is 9.10. The third-order valence-electron chi connectivity index (χ3n) is 6.47. The van der Waals surface area contributed by atoms with Gasteiger partial charge in [0.25, 0.3) is 11.8 Å². The van der Waals surface area contributed by atoms with Gasteiger partial charge in [0.2, 0.25) is 5.91 Å². The van der Waals surface area contributed by atoms with Crippen molar-refractivity contribution in [1.29, 1.82) is 0 Å². The zero-order valence-electron chi connectivity index (χ0n) is 21.3. The van der Waals surface area contributed by atoms with Crippen molar-refractivity contribution < 1.29 is 37.4 Å². The number of alkyl halides is 3. The molecule has 1 aliphatic rings. The molecule has 0 atom stereocenters. The predicted octanol–water partition coefficient (Wildman–Crippen LogP) is 3.10. The quantitative estimate of drug-likeness (QED) is 0.384. The highest BCUT2D eigenvalue weighted by atomic mass is 32.1. The van der Waals surface area contributed by atoms with Crippen LogP contribution in [0.2, 0.25) is 0 Å². The number of aliphatic hydroxyl groups is 1. The summed E-state index contributed by atoms with van der Waals surface area (Å²) in [6.07, 6.45) is -3.42. The zero-order chi connectivity index (χ0) is 28.3. The molecular formula is C25H28F3N5O5S. The number of ether oxygens (including phenoxy) is 1. The molecule has 0 aromatic carbocycles. The number of halogens is 3. The largest absolute Gasteiger partial charge is 0.481 e. The lowest BCUT2D eigenvalue weighted by Gasteiger charge is -2.32. The molecule has 1 fully saturated rings. The van der Waals surface area contributed by atoms with Crippen molar-refractivity contribution in [3.05, 3.63) is 39.8 Å². The number of pyridine rings is 1. The van der Waals surface area contributed by atoms with Gasteiger partial charge in [-0.3, -0.25) is 14.4 Å². The highest BCUT2D eigenvalue weighted by Gasteiger charge is 2.33. The molecule has 0 unspecified atom stereocenters. The first-order chi connectivity index (χ1) is 18.5. The number of carbonyl (C=O) groups is 3. The molecule has 1 saturated heterocycles. The fourth-order valence-electron chi connectivity index (χ4n) is 4.50. The number of amides is 3. The molecule has 3 aromatic heterocycles. The second kappa shape index (κ2) is 11.6. The Kier molecular flexibility index (Phi) is 8.45. The molecule has 210 valence electrons. The molecule has 4 heterocycles. The fraction of sp³-hybridized carbons (Fsp3) is 0.440. The molecule has 0 spiro atoms. The minimum atomic E-state index is -4.66. The summed E-state index contributed by atoms with van der Waals surface area (Å²) in [4.78, 5) is 43.8. The zero-order valence-corrected chi connectivity index (χ0v) is 22.1. The molecule has 0 radical (unpaired) electrons. The molecule has 1 aliphatic heterocycles. The van der Waals surface area contributed by atoms with Gasteiger partial charge in [-0.15, -0.1) is 0 Å². The van der Waals surface area contributed by atoms with E-state index in [4.69, 9.17) is 9.84 Å². The monoisotopic (exact) mass is 567 g/mol. The van der Waals surface area contributed by atoms with Crippen molar-refractivity contribution in [1.82, 2.24) is 19.8 Å². The van der Waals surface area contributed by atoms with Crippen LogP contribution in [0.3, 0.4) is 0 Å². The number of nitrogens with one attached hydrogen (secondary N) is 2.